The Bertz CT molecular complexity index is 1120. The molecule has 0 aliphatic carbocycles. The van der Waals surface area contributed by atoms with Gasteiger partial charge in [0.25, 0.3) is 0 Å². The molecule has 2 heterocycles. The number of carbonyl (C=O) groups excluding carboxylic acids is 1. The van der Waals surface area contributed by atoms with Crippen molar-refractivity contribution in [2.45, 2.75) is 6.92 Å². The number of carbonyl (C=O) groups is 1. The van der Waals surface area contributed by atoms with E-state index in [1.54, 1.807) is 18.2 Å². The smallest absolute Gasteiger partial charge is 0.323 e. The Morgan fingerprint density at radius 1 is 1.04 bits per heavy atom. The van der Waals surface area contributed by atoms with E-state index in [1.165, 1.54) is 24.5 Å². The van der Waals surface area contributed by atoms with Gasteiger partial charge in [0.1, 0.15) is 17.8 Å². The topological polar surface area (TPSA) is 82.7 Å². The number of hydrogen-bond donors (Lipinski definition) is 3. The van der Waals surface area contributed by atoms with Gasteiger partial charge in [0.15, 0.2) is 0 Å². The molecule has 2 aromatic heterocycles. The van der Waals surface area contributed by atoms with Crippen LogP contribution in [0.4, 0.5) is 20.6 Å². The van der Waals surface area contributed by atoms with Crippen molar-refractivity contribution in [2.24, 2.45) is 0 Å². The molecular weight excluding hydrogens is 345 g/mol. The summed E-state index contributed by atoms with van der Waals surface area (Å²) in [5.74, 6) is -0.409. The number of anilines is 2. The lowest BCUT2D eigenvalue weighted by Gasteiger charge is -2.09. The number of hydrogen-bond acceptors (Lipinski definition) is 3. The SMILES string of the molecule is Cc1c[nH]c2ncnc(-c3ccc(NC(=O)Nc4cccc(F)c4)cc3)c12. The van der Waals surface area contributed by atoms with Crippen LogP contribution < -0.4 is 10.6 Å². The highest BCUT2D eigenvalue weighted by Crippen LogP contribution is 2.28. The zero-order valence-electron chi connectivity index (χ0n) is 14.5. The van der Waals surface area contributed by atoms with Crippen molar-refractivity contribution in [1.82, 2.24) is 15.0 Å². The summed E-state index contributed by atoms with van der Waals surface area (Å²) in [7, 11) is 0. The van der Waals surface area contributed by atoms with Crippen LogP contribution >= 0.6 is 0 Å². The van der Waals surface area contributed by atoms with Gasteiger partial charge in [-0.2, -0.15) is 0 Å². The molecule has 27 heavy (non-hydrogen) atoms. The van der Waals surface area contributed by atoms with Gasteiger partial charge in [-0.05, 0) is 42.8 Å². The third-order valence-corrected chi connectivity index (χ3v) is 4.17. The van der Waals surface area contributed by atoms with Gasteiger partial charge < -0.3 is 15.6 Å². The van der Waals surface area contributed by atoms with E-state index < -0.39 is 11.8 Å². The molecule has 4 aromatic rings. The highest BCUT2D eigenvalue weighted by atomic mass is 19.1. The van der Waals surface area contributed by atoms with E-state index in [1.807, 2.05) is 25.3 Å². The molecule has 0 saturated heterocycles. The van der Waals surface area contributed by atoms with Crippen molar-refractivity contribution in [2.75, 3.05) is 10.6 Å². The van der Waals surface area contributed by atoms with Crippen molar-refractivity contribution in [3.05, 3.63) is 72.4 Å². The van der Waals surface area contributed by atoms with Crippen molar-refractivity contribution in [1.29, 1.82) is 0 Å². The lowest BCUT2D eigenvalue weighted by Crippen LogP contribution is -2.19. The van der Waals surface area contributed by atoms with Crippen LogP contribution in [-0.4, -0.2) is 21.0 Å². The Labute approximate surface area is 154 Å². The summed E-state index contributed by atoms with van der Waals surface area (Å²) in [4.78, 5) is 23.8. The molecule has 0 saturated carbocycles. The Morgan fingerprint density at radius 2 is 1.81 bits per heavy atom. The fourth-order valence-corrected chi connectivity index (χ4v) is 2.91. The highest BCUT2D eigenvalue weighted by Gasteiger charge is 2.10. The number of nitrogens with zero attached hydrogens (tertiary/aromatic N) is 2. The van der Waals surface area contributed by atoms with E-state index >= 15 is 0 Å². The predicted molar refractivity (Wildman–Crippen MR) is 103 cm³/mol. The van der Waals surface area contributed by atoms with E-state index in [9.17, 15) is 9.18 Å². The van der Waals surface area contributed by atoms with Gasteiger partial charge in [-0.1, -0.05) is 18.2 Å². The molecule has 2 amide bonds. The average Bonchev–Trinajstić information content (AvgIpc) is 3.04. The molecule has 0 bridgehead atoms. The van der Waals surface area contributed by atoms with E-state index in [0.29, 0.717) is 11.4 Å². The standard InChI is InChI=1S/C20H16FN5O/c1-12-10-22-19-17(12)18(23-11-24-19)13-5-7-15(8-6-13)25-20(27)26-16-4-2-3-14(21)9-16/h2-11H,1H3,(H,22,23,24)(H2,25,26,27). The molecule has 2 aromatic carbocycles. The Kier molecular flexibility index (Phi) is 4.25. The minimum atomic E-state index is -0.445. The van der Waals surface area contributed by atoms with Crippen molar-refractivity contribution < 1.29 is 9.18 Å². The molecular formula is C20H16FN5O. The Morgan fingerprint density at radius 3 is 2.59 bits per heavy atom. The summed E-state index contributed by atoms with van der Waals surface area (Å²) >= 11 is 0. The molecule has 3 N–H and O–H groups in total. The fourth-order valence-electron chi connectivity index (χ4n) is 2.91. The molecule has 0 aliphatic rings. The third kappa shape index (κ3) is 3.48. The first-order valence-corrected chi connectivity index (χ1v) is 8.33. The van der Waals surface area contributed by atoms with Crippen LogP contribution in [-0.2, 0) is 0 Å². The van der Waals surface area contributed by atoms with Crippen LogP contribution in [0, 0.1) is 12.7 Å². The molecule has 0 unspecified atom stereocenters. The van der Waals surface area contributed by atoms with Crippen LogP contribution in [0.5, 0.6) is 0 Å². The molecule has 4 rings (SSSR count). The first-order valence-electron chi connectivity index (χ1n) is 8.33. The lowest BCUT2D eigenvalue weighted by atomic mass is 10.1. The second-order valence-electron chi connectivity index (χ2n) is 6.08. The van der Waals surface area contributed by atoms with Crippen LogP contribution in [0.25, 0.3) is 22.3 Å². The number of fused-ring (bicyclic) bond motifs is 1. The number of nitrogens with one attached hydrogen (secondary N) is 3. The van der Waals surface area contributed by atoms with Gasteiger partial charge in [-0.25, -0.2) is 19.2 Å². The molecule has 0 aliphatic heterocycles. The summed E-state index contributed by atoms with van der Waals surface area (Å²) < 4.78 is 13.2. The summed E-state index contributed by atoms with van der Waals surface area (Å²) in [6.07, 6.45) is 3.42. The van der Waals surface area contributed by atoms with Gasteiger partial charge in [-0.15, -0.1) is 0 Å². The minimum absolute atomic E-state index is 0.385. The maximum Gasteiger partial charge on any atom is 0.323 e. The van der Waals surface area contributed by atoms with Gasteiger partial charge in [0.2, 0.25) is 0 Å². The summed E-state index contributed by atoms with van der Waals surface area (Å²) in [5, 5.41) is 6.29. The summed E-state index contributed by atoms with van der Waals surface area (Å²) in [6, 6.07) is 12.6. The van der Waals surface area contributed by atoms with Gasteiger partial charge in [-0.3, -0.25) is 0 Å². The summed E-state index contributed by atoms with van der Waals surface area (Å²) in [5.41, 5.74) is 4.60. The summed E-state index contributed by atoms with van der Waals surface area (Å²) in [6.45, 7) is 2.00. The lowest BCUT2D eigenvalue weighted by molar-refractivity contribution is 0.262. The molecule has 134 valence electrons. The van der Waals surface area contributed by atoms with Gasteiger partial charge >= 0.3 is 6.03 Å². The fraction of sp³-hybridized carbons (Fsp3) is 0.0500. The second-order valence-corrected chi connectivity index (χ2v) is 6.08. The normalized spacial score (nSPS) is 10.7. The van der Waals surface area contributed by atoms with E-state index in [0.717, 1.165) is 27.9 Å². The molecule has 0 atom stereocenters. The van der Waals surface area contributed by atoms with E-state index in [4.69, 9.17) is 0 Å². The van der Waals surface area contributed by atoms with Gasteiger partial charge in [0, 0.05) is 28.5 Å². The minimum Gasteiger partial charge on any atom is -0.346 e. The van der Waals surface area contributed by atoms with Crippen LogP contribution in [0.1, 0.15) is 5.56 Å². The first kappa shape index (κ1) is 16.7. The number of aromatic amines is 1. The van der Waals surface area contributed by atoms with Crippen LogP contribution in [0.2, 0.25) is 0 Å². The second kappa shape index (κ2) is 6.87. The van der Waals surface area contributed by atoms with E-state index in [-0.39, 0.29) is 0 Å². The number of urea groups is 1. The number of aryl methyl sites for hydroxylation is 1. The quantitative estimate of drug-likeness (QED) is 0.494. The number of rotatable bonds is 3. The predicted octanol–water partition coefficient (Wildman–Crippen LogP) is 4.72. The maximum atomic E-state index is 13.2. The average molecular weight is 361 g/mol. The Balaban J connectivity index is 1.52. The molecule has 6 nitrogen and oxygen atoms in total. The monoisotopic (exact) mass is 361 g/mol. The van der Waals surface area contributed by atoms with Crippen LogP contribution in [0.3, 0.4) is 0 Å². The Hall–Kier alpha value is -3.74. The number of H-pyrrole nitrogens is 1. The molecule has 0 spiro atoms. The molecule has 0 radical (unpaired) electrons. The van der Waals surface area contributed by atoms with Gasteiger partial charge in [0.05, 0.1) is 5.69 Å². The largest absolute Gasteiger partial charge is 0.346 e. The first-order chi connectivity index (χ1) is 13.1. The van der Waals surface area contributed by atoms with Crippen molar-refractivity contribution in [3.8, 4) is 11.3 Å². The number of amides is 2. The number of halogens is 1. The molecule has 7 heteroatoms. The van der Waals surface area contributed by atoms with Crippen LogP contribution in [0.15, 0.2) is 61.1 Å². The van der Waals surface area contributed by atoms with Crippen molar-refractivity contribution in [3.63, 3.8) is 0 Å². The van der Waals surface area contributed by atoms with Crippen molar-refractivity contribution >= 4 is 28.4 Å². The molecule has 0 fully saturated rings. The maximum absolute atomic E-state index is 13.2. The van der Waals surface area contributed by atoms with E-state index in [2.05, 4.69) is 25.6 Å². The number of aromatic nitrogens is 3. The zero-order chi connectivity index (χ0) is 18.8. The zero-order valence-corrected chi connectivity index (χ0v) is 14.5. The third-order valence-electron chi connectivity index (χ3n) is 4.17. The number of benzene rings is 2. The highest BCUT2D eigenvalue weighted by molar-refractivity contribution is 6.00.